The largest absolute Gasteiger partial charge is 0.305 e. The molecule has 31 heavy (non-hydrogen) atoms. The highest BCUT2D eigenvalue weighted by atomic mass is 16.1. The van der Waals surface area contributed by atoms with Crippen molar-refractivity contribution in [2.45, 2.75) is 25.7 Å². The van der Waals surface area contributed by atoms with Crippen LogP contribution < -0.4 is 5.32 Å². The van der Waals surface area contributed by atoms with Gasteiger partial charge in [0.2, 0.25) is 0 Å². The van der Waals surface area contributed by atoms with E-state index in [4.69, 9.17) is 9.97 Å². The lowest BCUT2D eigenvalue weighted by Gasteiger charge is -2.21. The van der Waals surface area contributed by atoms with Gasteiger partial charge in [-0.15, -0.1) is 0 Å². The van der Waals surface area contributed by atoms with Crippen molar-refractivity contribution < 1.29 is 4.79 Å². The second kappa shape index (κ2) is 8.52. The predicted octanol–water partition coefficient (Wildman–Crippen LogP) is 5.28. The van der Waals surface area contributed by atoms with Gasteiger partial charge in [0.1, 0.15) is 0 Å². The molecule has 1 amide bonds. The van der Waals surface area contributed by atoms with Crippen molar-refractivity contribution in [2.24, 2.45) is 0 Å². The van der Waals surface area contributed by atoms with Gasteiger partial charge >= 0.3 is 0 Å². The number of carbonyl (C=O) groups excluding carboxylic acids is 1. The first kappa shape index (κ1) is 19.2. The van der Waals surface area contributed by atoms with Gasteiger partial charge < -0.3 is 5.32 Å². The predicted molar refractivity (Wildman–Crippen MR) is 123 cm³/mol. The number of amides is 1. The van der Waals surface area contributed by atoms with Gasteiger partial charge in [0.05, 0.1) is 17.1 Å². The van der Waals surface area contributed by atoms with E-state index >= 15 is 0 Å². The highest BCUT2D eigenvalue weighted by molar-refractivity contribution is 6.04. The number of nitrogens with zero attached hydrogens (tertiary/aromatic N) is 2. The first-order valence-electron chi connectivity index (χ1n) is 10.7. The van der Waals surface area contributed by atoms with Gasteiger partial charge in [0.25, 0.3) is 5.91 Å². The van der Waals surface area contributed by atoms with Gasteiger partial charge in [0, 0.05) is 11.1 Å². The first-order valence-corrected chi connectivity index (χ1v) is 10.7. The van der Waals surface area contributed by atoms with Gasteiger partial charge in [-0.2, -0.15) is 0 Å². The Labute approximate surface area is 182 Å². The fraction of sp³-hybridized carbons (Fsp3) is 0.148. The van der Waals surface area contributed by atoms with Crippen LogP contribution >= 0.6 is 0 Å². The van der Waals surface area contributed by atoms with E-state index in [1.54, 1.807) is 12.1 Å². The van der Waals surface area contributed by atoms with Crippen LogP contribution in [-0.4, -0.2) is 15.9 Å². The maximum Gasteiger partial charge on any atom is 0.256 e. The molecule has 0 unspecified atom stereocenters. The number of fused-ring (bicyclic) bond motifs is 3. The molecular weight excluding hydrogens is 382 g/mol. The Morgan fingerprint density at radius 2 is 1.48 bits per heavy atom. The Morgan fingerprint density at radius 3 is 2.29 bits per heavy atom. The molecule has 0 fully saturated rings. The molecule has 5 rings (SSSR count). The van der Waals surface area contributed by atoms with Crippen LogP contribution in [0.2, 0.25) is 0 Å². The molecule has 0 atom stereocenters. The minimum atomic E-state index is -0.160. The van der Waals surface area contributed by atoms with Gasteiger partial charge in [-0.1, -0.05) is 72.8 Å². The molecule has 1 heterocycles. The number of aryl methyl sites for hydroxylation is 4. The number of aromatic nitrogens is 2. The molecule has 0 aliphatic heterocycles. The topological polar surface area (TPSA) is 54.9 Å². The molecule has 3 aromatic carbocycles. The Kier molecular flexibility index (Phi) is 5.28. The zero-order valence-corrected chi connectivity index (χ0v) is 17.2. The lowest BCUT2D eigenvalue weighted by molar-refractivity contribution is 0.102. The van der Waals surface area contributed by atoms with Gasteiger partial charge in [-0.25, -0.2) is 9.97 Å². The summed E-state index contributed by atoms with van der Waals surface area (Å²) >= 11 is 0. The summed E-state index contributed by atoms with van der Waals surface area (Å²) in [6.45, 7) is 0. The van der Waals surface area contributed by atoms with Crippen LogP contribution in [0.4, 0.5) is 5.82 Å². The summed E-state index contributed by atoms with van der Waals surface area (Å²) in [5.41, 5.74) is 7.03. The summed E-state index contributed by atoms with van der Waals surface area (Å²) in [7, 11) is 0. The summed E-state index contributed by atoms with van der Waals surface area (Å²) in [4.78, 5) is 22.8. The third-order valence-electron chi connectivity index (χ3n) is 5.71. The van der Waals surface area contributed by atoms with Crippen molar-refractivity contribution in [3.8, 4) is 11.3 Å². The van der Waals surface area contributed by atoms with Crippen LogP contribution in [0, 0.1) is 0 Å². The molecule has 4 aromatic rings. The molecule has 0 radical (unpaired) electrons. The Morgan fingerprint density at radius 1 is 0.774 bits per heavy atom. The monoisotopic (exact) mass is 405 g/mol. The molecule has 0 spiro atoms. The molecule has 0 bridgehead atoms. The molecule has 1 aromatic heterocycles. The van der Waals surface area contributed by atoms with Gasteiger partial charge in [-0.3, -0.25) is 4.79 Å². The SMILES string of the molecule is O=C(Nc1nc2c(nc1CCc1ccccc1)-c1ccccc1CC2)c1ccccc1. The van der Waals surface area contributed by atoms with E-state index in [-0.39, 0.29) is 5.91 Å². The van der Waals surface area contributed by atoms with E-state index in [2.05, 4.69) is 35.6 Å². The second-order valence-corrected chi connectivity index (χ2v) is 7.78. The summed E-state index contributed by atoms with van der Waals surface area (Å²) < 4.78 is 0. The standard InChI is InChI=1S/C27H23N3O/c31-27(21-12-5-2-6-13-21)30-26-24(17-15-19-9-3-1-4-10-19)28-25-22-14-8-7-11-20(22)16-18-23(25)29-26/h1-14H,15-18H2,(H,29,30,31). The minimum absolute atomic E-state index is 0.160. The molecule has 1 N–H and O–H groups in total. The van der Waals surface area contributed by atoms with E-state index in [1.165, 1.54) is 11.1 Å². The highest BCUT2D eigenvalue weighted by Gasteiger charge is 2.22. The molecule has 0 saturated heterocycles. The zero-order chi connectivity index (χ0) is 21.0. The number of hydrogen-bond donors (Lipinski definition) is 1. The Bertz CT molecular complexity index is 1220. The van der Waals surface area contributed by atoms with Crippen molar-refractivity contribution in [1.29, 1.82) is 0 Å². The van der Waals surface area contributed by atoms with Crippen molar-refractivity contribution in [2.75, 3.05) is 5.32 Å². The van der Waals surface area contributed by atoms with Crippen LogP contribution in [0.1, 0.15) is 32.9 Å². The van der Waals surface area contributed by atoms with E-state index in [9.17, 15) is 4.79 Å². The zero-order valence-electron chi connectivity index (χ0n) is 17.2. The van der Waals surface area contributed by atoms with Crippen LogP contribution in [0.3, 0.4) is 0 Å². The van der Waals surface area contributed by atoms with Crippen LogP contribution in [0.5, 0.6) is 0 Å². The molecule has 4 heteroatoms. The number of nitrogens with one attached hydrogen (secondary N) is 1. The van der Waals surface area contributed by atoms with Crippen LogP contribution in [0.25, 0.3) is 11.3 Å². The summed E-state index contributed by atoms with van der Waals surface area (Å²) in [6, 6.07) is 28.0. The normalized spacial score (nSPS) is 12.0. The highest BCUT2D eigenvalue weighted by Crippen LogP contribution is 2.33. The van der Waals surface area contributed by atoms with E-state index in [1.807, 2.05) is 42.5 Å². The number of hydrogen-bond acceptors (Lipinski definition) is 3. The van der Waals surface area contributed by atoms with E-state index < -0.39 is 0 Å². The van der Waals surface area contributed by atoms with E-state index in [0.717, 1.165) is 41.9 Å². The number of anilines is 1. The van der Waals surface area contributed by atoms with Gasteiger partial charge in [-0.05, 0) is 48.9 Å². The molecule has 152 valence electrons. The van der Waals surface area contributed by atoms with Crippen molar-refractivity contribution >= 4 is 11.7 Å². The quantitative estimate of drug-likeness (QED) is 0.491. The number of benzene rings is 3. The molecule has 1 aliphatic rings. The maximum absolute atomic E-state index is 12.8. The number of carbonyl (C=O) groups is 1. The minimum Gasteiger partial charge on any atom is -0.305 e. The lowest BCUT2D eigenvalue weighted by Crippen LogP contribution is -2.18. The molecule has 0 saturated carbocycles. The van der Waals surface area contributed by atoms with Gasteiger partial charge in [0.15, 0.2) is 5.82 Å². The summed E-state index contributed by atoms with van der Waals surface area (Å²) in [5, 5.41) is 3.02. The molecule has 4 nitrogen and oxygen atoms in total. The number of rotatable bonds is 5. The third kappa shape index (κ3) is 4.10. The Balaban J connectivity index is 1.52. The first-order chi connectivity index (χ1) is 15.3. The molecular formula is C27H23N3O. The average Bonchev–Trinajstić information content (AvgIpc) is 2.84. The fourth-order valence-electron chi connectivity index (χ4n) is 4.07. The third-order valence-corrected chi connectivity index (χ3v) is 5.71. The van der Waals surface area contributed by atoms with E-state index in [0.29, 0.717) is 17.8 Å². The Hall–Kier alpha value is -3.79. The van der Waals surface area contributed by atoms with Crippen LogP contribution in [0.15, 0.2) is 84.9 Å². The summed E-state index contributed by atoms with van der Waals surface area (Å²) in [6.07, 6.45) is 3.31. The van der Waals surface area contributed by atoms with Crippen LogP contribution in [-0.2, 0) is 25.7 Å². The maximum atomic E-state index is 12.8. The lowest BCUT2D eigenvalue weighted by atomic mass is 9.91. The van der Waals surface area contributed by atoms with Crippen molar-refractivity contribution in [1.82, 2.24) is 9.97 Å². The smallest absolute Gasteiger partial charge is 0.256 e. The molecule has 1 aliphatic carbocycles. The second-order valence-electron chi connectivity index (χ2n) is 7.78. The van der Waals surface area contributed by atoms with Crippen molar-refractivity contribution in [3.63, 3.8) is 0 Å². The fourth-order valence-corrected chi connectivity index (χ4v) is 4.07. The average molecular weight is 406 g/mol. The summed E-state index contributed by atoms with van der Waals surface area (Å²) in [5.74, 6) is 0.412. The van der Waals surface area contributed by atoms with Crippen molar-refractivity contribution in [3.05, 3.63) is 113 Å².